The molecule has 4 nitrogen and oxygen atoms in total. The zero-order valence-electron chi connectivity index (χ0n) is 9.27. The second kappa shape index (κ2) is 4.93. The Labute approximate surface area is 98.7 Å². The zero-order chi connectivity index (χ0) is 11.5. The van der Waals surface area contributed by atoms with Crippen LogP contribution in [0.15, 0.2) is 5.38 Å². The lowest BCUT2D eigenvalue weighted by atomic mass is 9.83. The van der Waals surface area contributed by atoms with Gasteiger partial charge < -0.3 is 10.4 Å². The number of rotatable bonds is 5. The van der Waals surface area contributed by atoms with Crippen LogP contribution in [-0.4, -0.2) is 29.1 Å². The van der Waals surface area contributed by atoms with Crippen molar-refractivity contribution in [2.75, 3.05) is 7.05 Å². The normalized spacial score (nSPS) is 18.1. The topological polar surface area (TPSA) is 62.2 Å². The van der Waals surface area contributed by atoms with Crippen molar-refractivity contribution in [1.82, 2.24) is 10.3 Å². The summed E-state index contributed by atoms with van der Waals surface area (Å²) in [7, 11) is 1.67. The number of carboxylic acid groups (broad SMARTS) is 1. The molecule has 0 amide bonds. The minimum atomic E-state index is -0.817. The second-order valence-electron chi connectivity index (χ2n) is 4.18. The van der Waals surface area contributed by atoms with Gasteiger partial charge in [0.25, 0.3) is 0 Å². The number of aromatic nitrogens is 1. The van der Waals surface area contributed by atoms with E-state index >= 15 is 0 Å². The number of carboxylic acids is 1. The van der Waals surface area contributed by atoms with E-state index in [1.165, 1.54) is 19.3 Å². The first-order valence-electron chi connectivity index (χ1n) is 5.55. The minimum Gasteiger partial charge on any atom is -0.480 e. The number of hydrogen-bond acceptors (Lipinski definition) is 4. The monoisotopic (exact) mass is 240 g/mol. The molecular weight excluding hydrogens is 224 g/mol. The molecule has 0 saturated heterocycles. The van der Waals surface area contributed by atoms with Crippen LogP contribution in [0.4, 0.5) is 0 Å². The quantitative estimate of drug-likeness (QED) is 0.821. The standard InChI is InChI=1S/C11H16N2O2S/c1-12-8(11(14)15)5-10-13-9(6-16-10)7-3-2-4-7/h6-8,12H,2-5H2,1H3,(H,14,15). The van der Waals surface area contributed by atoms with Crippen molar-refractivity contribution in [2.45, 2.75) is 37.6 Å². The molecule has 1 atom stereocenters. The smallest absolute Gasteiger partial charge is 0.321 e. The lowest BCUT2D eigenvalue weighted by Crippen LogP contribution is -2.35. The number of nitrogens with one attached hydrogen (secondary N) is 1. The summed E-state index contributed by atoms with van der Waals surface area (Å²) in [6.45, 7) is 0. The highest BCUT2D eigenvalue weighted by atomic mass is 32.1. The van der Waals surface area contributed by atoms with Crippen LogP contribution < -0.4 is 5.32 Å². The average Bonchev–Trinajstić information content (AvgIpc) is 2.59. The van der Waals surface area contributed by atoms with Crippen molar-refractivity contribution < 1.29 is 9.90 Å². The summed E-state index contributed by atoms with van der Waals surface area (Å²) < 4.78 is 0. The van der Waals surface area contributed by atoms with Crippen LogP contribution in [0.2, 0.25) is 0 Å². The number of hydrogen-bond donors (Lipinski definition) is 2. The molecule has 0 aliphatic heterocycles. The Morgan fingerprint density at radius 3 is 3.00 bits per heavy atom. The van der Waals surface area contributed by atoms with Gasteiger partial charge in [0.1, 0.15) is 6.04 Å². The molecule has 0 bridgehead atoms. The van der Waals surface area contributed by atoms with Crippen molar-refractivity contribution in [3.63, 3.8) is 0 Å². The number of likely N-dealkylation sites (N-methyl/N-ethyl adjacent to an activating group) is 1. The maximum atomic E-state index is 10.9. The van der Waals surface area contributed by atoms with E-state index in [1.54, 1.807) is 18.4 Å². The van der Waals surface area contributed by atoms with Crippen molar-refractivity contribution in [2.24, 2.45) is 0 Å². The van der Waals surface area contributed by atoms with Gasteiger partial charge in [-0.1, -0.05) is 6.42 Å². The van der Waals surface area contributed by atoms with Gasteiger partial charge >= 0.3 is 5.97 Å². The van der Waals surface area contributed by atoms with E-state index in [1.807, 2.05) is 0 Å². The molecule has 16 heavy (non-hydrogen) atoms. The predicted molar refractivity (Wildman–Crippen MR) is 62.9 cm³/mol. The number of thiazole rings is 1. The number of nitrogens with zero attached hydrogens (tertiary/aromatic N) is 1. The minimum absolute atomic E-state index is 0.475. The summed E-state index contributed by atoms with van der Waals surface area (Å²) in [4.78, 5) is 15.4. The third kappa shape index (κ3) is 2.41. The highest BCUT2D eigenvalue weighted by Crippen LogP contribution is 2.36. The van der Waals surface area contributed by atoms with E-state index in [4.69, 9.17) is 5.11 Å². The molecule has 2 N–H and O–H groups in total. The van der Waals surface area contributed by atoms with Gasteiger partial charge in [0.15, 0.2) is 0 Å². The highest BCUT2D eigenvalue weighted by Gasteiger charge is 2.23. The van der Waals surface area contributed by atoms with Crippen LogP contribution in [0.1, 0.15) is 35.9 Å². The van der Waals surface area contributed by atoms with Crippen LogP contribution in [0, 0.1) is 0 Å². The van der Waals surface area contributed by atoms with Gasteiger partial charge in [-0.3, -0.25) is 4.79 Å². The highest BCUT2D eigenvalue weighted by molar-refractivity contribution is 7.09. The Morgan fingerprint density at radius 1 is 1.75 bits per heavy atom. The van der Waals surface area contributed by atoms with Crippen LogP contribution in [0.3, 0.4) is 0 Å². The molecule has 5 heteroatoms. The second-order valence-corrected chi connectivity index (χ2v) is 5.12. The molecule has 0 aromatic carbocycles. The average molecular weight is 240 g/mol. The first-order chi connectivity index (χ1) is 7.70. The molecular formula is C11H16N2O2S. The molecule has 0 radical (unpaired) electrons. The van der Waals surface area contributed by atoms with Gasteiger partial charge in [-0.25, -0.2) is 4.98 Å². The maximum absolute atomic E-state index is 10.9. The fraction of sp³-hybridized carbons (Fsp3) is 0.636. The third-order valence-electron chi connectivity index (χ3n) is 3.12. The summed E-state index contributed by atoms with van der Waals surface area (Å²) in [6, 6.07) is -0.527. The molecule has 1 aromatic rings. The van der Waals surface area contributed by atoms with Gasteiger partial charge in [-0.15, -0.1) is 11.3 Å². The summed E-state index contributed by atoms with van der Waals surface area (Å²) in [5.74, 6) is -0.189. The van der Waals surface area contributed by atoms with E-state index < -0.39 is 12.0 Å². The molecule has 2 rings (SSSR count). The Hall–Kier alpha value is -0.940. The Morgan fingerprint density at radius 2 is 2.50 bits per heavy atom. The fourth-order valence-corrected chi connectivity index (χ4v) is 2.72. The summed E-state index contributed by atoms with van der Waals surface area (Å²) in [5, 5.41) is 14.7. The number of carbonyl (C=O) groups is 1. The van der Waals surface area contributed by atoms with Gasteiger partial charge in [0, 0.05) is 17.7 Å². The fourth-order valence-electron chi connectivity index (χ4n) is 1.80. The Kier molecular flexibility index (Phi) is 3.56. The molecule has 1 unspecified atom stereocenters. The Bertz CT molecular complexity index is 374. The molecule has 0 spiro atoms. The van der Waals surface area contributed by atoms with Gasteiger partial charge in [0.05, 0.1) is 10.7 Å². The van der Waals surface area contributed by atoms with E-state index in [-0.39, 0.29) is 0 Å². The number of aliphatic carboxylic acids is 1. The van der Waals surface area contributed by atoms with Crippen LogP contribution in [0.5, 0.6) is 0 Å². The predicted octanol–water partition coefficient (Wildman–Crippen LogP) is 1.63. The summed E-state index contributed by atoms with van der Waals surface area (Å²) in [5.41, 5.74) is 1.16. The first-order valence-corrected chi connectivity index (χ1v) is 6.43. The summed E-state index contributed by atoms with van der Waals surface area (Å²) in [6.07, 6.45) is 4.24. The van der Waals surface area contributed by atoms with Crippen LogP contribution >= 0.6 is 11.3 Å². The SMILES string of the molecule is CNC(Cc1nc(C2CCC2)cs1)C(=O)O. The molecule has 1 saturated carbocycles. The molecule has 1 fully saturated rings. The van der Waals surface area contributed by atoms with Crippen LogP contribution in [-0.2, 0) is 11.2 Å². The van der Waals surface area contributed by atoms with E-state index in [9.17, 15) is 4.79 Å². The lowest BCUT2D eigenvalue weighted by molar-refractivity contribution is -0.139. The van der Waals surface area contributed by atoms with Crippen molar-refractivity contribution >= 4 is 17.3 Å². The Balaban J connectivity index is 1.98. The molecule has 1 aliphatic rings. The van der Waals surface area contributed by atoms with Crippen molar-refractivity contribution in [1.29, 1.82) is 0 Å². The van der Waals surface area contributed by atoms with Crippen molar-refractivity contribution in [3.8, 4) is 0 Å². The van der Waals surface area contributed by atoms with Gasteiger partial charge in [0.2, 0.25) is 0 Å². The lowest BCUT2D eigenvalue weighted by Gasteiger charge is -2.23. The largest absolute Gasteiger partial charge is 0.480 e. The molecule has 1 heterocycles. The molecule has 1 aliphatic carbocycles. The summed E-state index contributed by atoms with van der Waals surface area (Å²) >= 11 is 1.57. The maximum Gasteiger partial charge on any atom is 0.321 e. The van der Waals surface area contributed by atoms with Crippen LogP contribution in [0.25, 0.3) is 0 Å². The van der Waals surface area contributed by atoms with Gasteiger partial charge in [-0.05, 0) is 19.9 Å². The first kappa shape index (κ1) is 11.5. The van der Waals surface area contributed by atoms with E-state index in [2.05, 4.69) is 15.7 Å². The van der Waals surface area contributed by atoms with Crippen molar-refractivity contribution in [3.05, 3.63) is 16.1 Å². The third-order valence-corrected chi connectivity index (χ3v) is 4.01. The molecule has 88 valence electrons. The molecule has 1 aromatic heterocycles. The zero-order valence-corrected chi connectivity index (χ0v) is 10.1. The van der Waals surface area contributed by atoms with Gasteiger partial charge in [-0.2, -0.15) is 0 Å². The van der Waals surface area contributed by atoms with E-state index in [0.29, 0.717) is 12.3 Å². The van der Waals surface area contributed by atoms with E-state index in [0.717, 1.165) is 10.7 Å².